The van der Waals surface area contributed by atoms with E-state index in [2.05, 4.69) is 30.4 Å². The monoisotopic (exact) mass is 224 g/mol. The maximum absolute atomic E-state index is 5.43. The van der Waals surface area contributed by atoms with Crippen molar-refractivity contribution in [1.29, 1.82) is 0 Å². The van der Waals surface area contributed by atoms with Crippen molar-refractivity contribution in [2.45, 2.75) is 45.6 Å². The van der Waals surface area contributed by atoms with E-state index in [0.29, 0.717) is 12.0 Å². The van der Waals surface area contributed by atoms with Gasteiger partial charge < -0.3 is 9.75 Å². The Kier molecular flexibility index (Phi) is 4.24. The molecule has 2 rings (SSSR count). The first-order valence-electron chi connectivity index (χ1n) is 6.63. The van der Waals surface area contributed by atoms with Gasteiger partial charge in [0.1, 0.15) is 0 Å². The lowest BCUT2D eigenvalue weighted by Gasteiger charge is -2.36. The molecule has 2 aliphatic heterocycles. The zero-order chi connectivity index (χ0) is 11.4. The molecule has 0 aliphatic carbocycles. The van der Waals surface area contributed by atoms with Crippen molar-refractivity contribution in [3.8, 4) is 0 Å². The van der Waals surface area contributed by atoms with Crippen LogP contribution in [0.1, 0.15) is 39.5 Å². The third-order valence-electron chi connectivity index (χ3n) is 3.63. The molecular formula is C13H24N2O. The van der Waals surface area contributed by atoms with E-state index in [1.807, 2.05) is 0 Å². The summed E-state index contributed by atoms with van der Waals surface area (Å²) < 4.78 is 5.43. The molecule has 2 aliphatic rings. The van der Waals surface area contributed by atoms with Gasteiger partial charge in [-0.1, -0.05) is 20.3 Å². The van der Waals surface area contributed by atoms with Crippen LogP contribution in [0.2, 0.25) is 0 Å². The van der Waals surface area contributed by atoms with E-state index in [1.54, 1.807) is 0 Å². The van der Waals surface area contributed by atoms with Crippen LogP contribution >= 0.6 is 0 Å². The first-order chi connectivity index (χ1) is 7.83. The number of hydrazine groups is 1. The van der Waals surface area contributed by atoms with Gasteiger partial charge in [-0.3, -0.25) is 0 Å². The molecule has 0 spiro atoms. The van der Waals surface area contributed by atoms with Crippen molar-refractivity contribution in [2.24, 2.45) is 5.92 Å². The molecule has 1 saturated heterocycles. The molecule has 0 aromatic heterocycles. The largest absolute Gasteiger partial charge is 0.381 e. The van der Waals surface area contributed by atoms with Crippen molar-refractivity contribution < 1.29 is 4.74 Å². The summed E-state index contributed by atoms with van der Waals surface area (Å²) in [5, 5.41) is 2.42. The SMILES string of the molecule is CCCC(C)C1=CCNN1C1CCOCC1. The summed E-state index contributed by atoms with van der Waals surface area (Å²) in [4.78, 5) is 0. The minimum absolute atomic E-state index is 0.641. The highest BCUT2D eigenvalue weighted by molar-refractivity contribution is 5.11. The van der Waals surface area contributed by atoms with Gasteiger partial charge in [-0.25, -0.2) is 5.43 Å². The molecule has 92 valence electrons. The molecular weight excluding hydrogens is 200 g/mol. The predicted octanol–water partition coefficient (Wildman–Crippen LogP) is 2.31. The van der Waals surface area contributed by atoms with E-state index in [4.69, 9.17) is 4.74 Å². The van der Waals surface area contributed by atoms with Gasteiger partial charge in [-0.15, -0.1) is 0 Å². The number of hydrogen-bond acceptors (Lipinski definition) is 3. The minimum Gasteiger partial charge on any atom is -0.381 e. The highest BCUT2D eigenvalue weighted by Crippen LogP contribution is 2.27. The van der Waals surface area contributed by atoms with Crippen LogP contribution in [0.25, 0.3) is 0 Å². The van der Waals surface area contributed by atoms with Gasteiger partial charge in [0.2, 0.25) is 0 Å². The third-order valence-corrected chi connectivity index (χ3v) is 3.63. The molecule has 1 fully saturated rings. The third kappa shape index (κ3) is 2.58. The normalized spacial score (nSPS) is 24.6. The van der Waals surface area contributed by atoms with E-state index in [1.165, 1.54) is 18.5 Å². The molecule has 0 aromatic rings. The second-order valence-electron chi connectivity index (χ2n) is 4.89. The van der Waals surface area contributed by atoms with Crippen molar-refractivity contribution in [3.05, 3.63) is 11.8 Å². The Morgan fingerprint density at radius 2 is 2.25 bits per heavy atom. The maximum Gasteiger partial charge on any atom is 0.0495 e. The number of nitrogens with one attached hydrogen (secondary N) is 1. The fourth-order valence-corrected chi connectivity index (χ4v) is 2.74. The number of ether oxygens (including phenoxy) is 1. The molecule has 3 heteroatoms. The number of nitrogens with zero attached hydrogens (tertiary/aromatic N) is 1. The number of hydrogen-bond donors (Lipinski definition) is 1. The molecule has 0 saturated carbocycles. The highest BCUT2D eigenvalue weighted by Gasteiger charge is 2.27. The van der Waals surface area contributed by atoms with Crippen LogP contribution in [0, 0.1) is 5.92 Å². The van der Waals surface area contributed by atoms with Crippen molar-refractivity contribution in [1.82, 2.24) is 10.4 Å². The Balaban J connectivity index is 1.95. The fourth-order valence-electron chi connectivity index (χ4n) is 2.74. The summed E-state index contributed by atoms with van der Waals surface area (Å²) in [6.07, 6.45) is 7.22. The lowest BCUT2D eigenvalue weighted by Crippen LogP contribution is -2.45. The number of rotatable bonds is 4. The molecule has 1 unspecified atom stereocenters. The van der Waals surface area contributed by atoms with Gasteiger partial charge in [0, 0.05) is 31.5 Å². The Bertz CT molecular complexity index is 246. The van der Waals surface area contributed by atoms with Crippen LogP contribution in [0.4, 0.5) is 0 Å². The molecule has 1 atom stereocenters. The van der Waals surface area contributed by atoms with E-state index >= 15 is 0 Å². The van der Waals surface area contributed by atoms with Crippen LogP contribution in [-0.2, 0) is 4.74 Å². The standard InChI is InChI=1S/C13H24N2O/c1-3-4-11(2)13-5-8-14-15(13)12-6-9-16-10-7-12/h5,11-12,14H,3-4,6-10H2,1-2H3. The van der Waals surface area contributed by atoms with Crippen LogP contribution in [0.5, 0.6) is 0 Å². The molecule has 16 heavy (non-hydrogen) atoms. The van der Waals surface area contributed by atoms with Crippen molar-refractivity contribution in [3.63, 3.8) is 0 Å². The van der Waals surface area contributed by atoms with Crippen molar-refractivity contribution >= 4 is 0 Å². The van der Waals surface area contributed by atoms with E-state index in [0.717, 1.165) is 32.6 Å². The van der Waals surface area contributed by atoms with Crippen LogP contribution in [0.3, 0.4) is 0 Å². The summed E-state index contributed by atoms with van der Waals surface area (Å²) in [5.41, 5.74) is 5.01. The van der Waals surface area contributed by atoms with Crippen LogP contribution < -0.4 is 5.43 Å². The van der Waals surface area contributed by atoms with E-state index < -0.39 is 0 Å². The lowest BCUT2D eigenvalue weighted by molar-refractivity contribution is 0.0305. The van der Waals surface area contributed by atoms with Gasteiger partial charge in [0.25, 0.3) is 0 Å². The average Bonchev–Trinajstić information content (AvgIpc) is 2.79. The first kappa shape index (κ1) is 11.9. The smallest absolute Gasteiger partial charge is 0.0495 e. The van der Waals surface area contributed by atoms with Gasteiger partial charge in [-0.05, 0) is 31.3 Å². The summed E-state index contributed by atoms with van der Waals surface area (Å²) >= 11 is 0. The first-order valence-corrected chi connectivity index (χ1v) is 6.63. The second kappa shape index (κ2) is 5.69. The van der Waals surface area contributed by atoms with Gasteiger partial charge in [0.15, 0.2) is 0 Å². The highest BCUT2D eigenvalue weighted by atomic mass is 16.5. The zero-order valence-corrected chi connectivity index (χ0v) is 10.5. The summed E-state index contributed by atoms with van der Waals surface area (Å²) in [6, 6.07) is 0.641. The Morgan fingerprint density at radius 1 is 1.50 bits per heavy atom. The van der Waals surface area contributed by atoms with Crippen molar-refractivity contribution in [2.75, 3.05) is 19.8 Å². The van der Waals surface area contributed by atoms with Gasteiger partial charge in [0.05, 0.1) is 0 Å². The zero-order valence-electron chi connectivity index (χ0n) is 10.5. The van der Waals surface area contributed by atoms with E-state index in [9.17, 15) is 0 Å². The Morgan fingerprint density at radius 3 is 2.94 bits per heavy atom. The Hall–Kier alpha value is -0.540. The average molecular weight is 224 g/mol. The molecule has 0 amide bonds. The number of allylic oxidation sites excluding steroid dienone is 1. The van der Waals surface area contributed by atoms with Gasteiger partial charge in [-0.2, -0.15) is 0 Å². The summed E-state index contributed by atoms with van der Waals surface area (Å²) in [6.45, 7) is 7.43. The van der Waals surface area contributed by atoms with Crippen LogP contribution in [-0.4, -0.2) is 30.8 Å². The van der Waals surface area contributed by atoms with Crippen LogP contribution in [0.15, 0.2) is 11.8 Å². The molecule has 1 N–H and O–H groups in total. The van der Waals surface area contributed by atoms with E-state index in [-0.39, 0.29) is 0 Å². The Labute approximate surface area is 98.8 Å². The minimum atomic E-state index is 0.641. The lowest BCUT2D eigenvalue weighted by atomic mass is 9.99. The second-order valence-corrected chi connectivity index (χ2v) is 4.89. The molecule has 3 nitrogen and oxygen atoms in total. The maximum atomic E-state index is 5.43. The predicted molar refractivity (Wildman–Crippen MR) is 65.8 cm³/mol. The fraction of sp³-hybridized carbons (Fsp3) is 0.846. The molecule has 0 aromatic carbocycles. The summed E-state index contributed by atoms with van der Waals surface area (Å²) in [7, 11) is 0. The molecule has 0 bridgehead atoms. The quantitative estimate of drug-likeness (QED) is 0.793. The molecule has 2 heterocycles. The molecule has 0 radical (unpaired) electrons. The van der Waals surface area contributed by atoms with Gasteiger partial charge >= 0.3 is 0 Å². The summed E-state index contributed by atoms with van der Waals surface area (Å²) in [5.74, 6) is 0.683. The topological polar surface area (TPSA) is 24.5 Å².